The summed E-state index contributed by atoms with van der Waals surface area (Å²) in [5.41, 5.74) is 1.13. The molecule has 1 aliphatic heterocycles. The van der Waals surface area contributed by atoms with Crippen LogP contribution >= 0.6 is 0 Å². The lowest BCUT2D eigenvalue weighted by Gasteiger charge is -2.06. The Kier molecular flexibility index (Phi) is 3.55. The van der Waals surface area contributed by atoms with Gasteiger partial charge in [0.25, 0.3) is 0 Å². The Morgan fingerprint density at radius 2 is 2.11 bits per heavy atom. The number of benzene rings is 1. The largest absolute Gasteiger partial charge is 0.454 e. The van der Waals surface area contributed by atoms with Crippen LogP contribution in [-0.4, -0.2) is 25.3 Å². The van der Waals surface area contributed by atoms with Crippen LogP contribution in [0.3, 0.4) is 0 Å². The number of amides is 1. The molecule has 1 aromatic rings. The molecule has 0 spiro atoms. The van der Waals surface area contributed by atoms with Gasteiger partial charge in [-0.2, -0.15) is 0 Å². The van der Waals surface area contributed by atoms with Gasteiger partial charge in [0.2, 0.25) is 12.7 Å². The Bertz CT molecular complexity index is 472. The second-order valence-corrected chi connectivity index (χ2v) is 4.96. The van der Waals surface area contributed by atoms with Crippen molar-refractivity contribution in [1.29, 1.82) is 0 Å². The number of fused-ring (bicyclic) bond motifs is 1. The summed E-state index contributed by atoms with van der Waals surface area (Å²) in [5.74, 6) is 1.74. The van der Waals surface area contributed by atoms with Crippen molar-refractivity contribution in [3.8, 4) is 11.5 Å². The van der Waals surface area contributed by atoms with Gasteiger partial charge in [0, 0.05) is 25.6 Å². The predicted molar refractivity (Wildman–Crippen MR) is 70.1 cm³/mol. The maximum atomic E-state index is 11.5. The normalized spacial score (nSPS) is 16.4. The molecule has 3 rings (SSSR count). The molecule has 5 heteroatoms. The van der Waals surface area contributed by atoms with Crippen LogP contribution in [-0.2, 0) is 11.3 Å². The summed E-state index contributed by atoms with van der Waals surface area (Å²) < 4.78 is 10.6. The Balaban J connectivity index is 1.38. The molecule has 102 valence electrons. The summed E-state index contributed by atoms with van der Waals surface area (Å²) in [4.78, 5) is 11.5. The summed E-state index contributed by atoms with van der Waals surface area (Å²) >= 11 is 0. The molecular weight excluding hydrogens is 244 g/mol. The lowest BCUT2D eigenvalue weighted by atomic mass is 10.2. The van der Waals surface area contributed by atoms with E-state index < -0.39 is 0 Å². The lowest BCUT2D eigenvalue weighted by Crippen LogP contribution is -2.28. The molecule has 1 saturated carbocycles. The van der Waals surface area contributed by atoms with E-state index in [4.69, 9.17) is 9.47 Å². The Hall–Kier alpha value is -1.75. The number of carbonyl (C=O) groups excluding carboxylic acids is 1. The molecule has 1 fully saturated rings. The molecule has 0 unspecified atom stereocenters. The van der Waals surface area contributed by atoms with Crippen LogP contribution in [0.2, 0.25) is 0 Å². The highest BCUT2D eigenvalue weighted by Crippen LogP contribution is 2.32. The van der Waals surface area contributed by atoms with E-state index in [1.807, 2.05) is 18.2 Å². The number of hydrogen-bond donors (Lipinski definition) is 2. The molecule has 19 heavy (non-hydrogen) atoms. The average Bonchev–Trinajstić information content (AvgIpc) is 3.09. The minimum Gasteiger partial charge on any atom is -0.454 e. The Morgan fingerprint density at radius 1 is 1.26 bits per heavy atom. The van der Waals surface area contributed by atoms with E-state index in [0.717, 1.165) is 36.4 Å². The first kappa shape index (κ1) is 12.3. The monoisotopic (exact) mass is 262 g/mol. The predicted octanol–water partition coefficient (Wildman–Crippen LogP) is 1.17. The molecule has 0 atom stereocenters. The number of ether oxygens (including phenoxy) is 2. The summed E-state index contributed by atoms with van der Waals surface area (Å²) in [6.45, 7) is 1.72. The highest BCUT2D eigenvalue weighted by atomic mass is 16.7. The molecule has 0 aromatic heterocycles. The molecule has 1 aromatic carbocycles. The molecule has 1 amide bonds. The minimum atomic E-state index is 0.140. The van der Waals surface area contributed by atoms with E-state index in [9.17, 15) is 4.79 Å². The average molecular weight is 262 g/mol. The van der Waals surface area contributed by atoms with Gasteiger partial charge in [-0.25, -0.2) is 0 Å². The van der Waals surface area contributed by atoms with Crippen molar-refractivity contribution in [2.75, 3.05) is 13.3 Å². The molecule has 0 radical (unpaired) electrons. The van der Waals surface area contributed by atoms with Gasteiger partial charge in [-0.3, -0.25) is 4.79 Å². The zero-order valence-electron chi connectivity index (χ0n) is 10.8. The standard InChI is InChI=1S/C14H18N2O3/c17-14(16-11-2-3-11)5-6-15-8-10-1-4-12-13(7-10)19-9-18-12/h1,4,7,11,15H,2-3,5-6,8-9H2,(H,16,17). The van der Waals surface area contributed by atoms with Gasteiger partial charge in [-0.15, -0.1) is 0 Å². The second-order valence-electron chi connectivity index (χ2n) is 4.96. The second kappa shape index (κ2) is 5.48. The van der Waals surface area contributed by atoms with Crippen molar-refractivity contribution in [3.63, 3.8) is 0 Å². The van der Waals surface area contributed by atoms with Crippen molar-refractivity contribution in [3.05, 3.63) is 23.8 Å². The third-order valence-corrected chi connectivity index (χ3v) is 3.24. The molecule has 1 heterocycles. The van der Waals surface area contributed by atoms with Crippen LogP contribution in [0.1, 0.15) is 24.8 Å². The van der Waals surface area contributed by atoms with Gasteiger partial charge < -0.3 is 20.1 Å². The third-order valence-electron chi connectivity index (χ3n) is 3.24. The van der Waals surface area contributed by atoms with Crippen LogP contribution in [0.5, 0.6) is 11.5 Å². The van der Waals surface area contributed by atoms with Crippen LogP contribution in [0.25, 0.3) is 0 Å². The van der Waals surface area contributed by atoms with Gasteiger partial charge in [0.15, 0.2) is 11.5 Å². The first-order valence-electron chi connectivity index (χ1n) is 6.70. The highest BCUT2D eigenvalue weighted by molar-refractivity contribution is 5.76. The molecule has 0 saturated heterocycles. The van der Waals surface area contributed by atoms with Gasteiger partial charge in [-0.1, -0.05) is 6.07 Å². The topological polar surface area (TPSA) is 59.6 Å². The minimum absolute atomic E-state index is 0.140. The summed E-state index contributed by atoms with van der Waals surface area (Å²) in [7, 11) is 0. The molecule has 1 aliphatic carbocycles. The van der Waals surface area contributed by atoms with Crippen molar-refractivity contribution in [2.24, 2.45) is 0 Å². The Morgan fingerprint density at radius 3 is 2.95 bits per heavy atom. The van der Waals surface area contributed by atoms with Gasteiger partial charge in [0.05, 0.1) is 0 Å². The highest BCUT2D eigenvalue weighted by Gasteiger charge is 2.22. The van der Waals surface area contributed by atoms with Crippen molar-refractivity contribution >= 4 is 5.91 Å². The fraction of sp³-hybridized carbons (Fsp3) is 0.500. The van der Waals surface area contributed by atoms with Gasteiger partial charge in [-0.05, 0) is 30.5 Å². The first-order chi connectivity index (χ1) is 9.31. The number of carbonyl (C=O) groups is 1. The van der Waals surface area contributed by atoms with Gasteiger partial charge >= 0.3 is 0 Å². The molecule has 2 aliphatic rings. The lowest BCUT2D eigenvalue weighted by molar-refractivity contribution is -0.121. The van der Waals surface area contributed by atoms with E-state index in [1.165, 1.54) is 0 Å². The van der Waals surface area contributed by atoms with E-state index in [2.05, 4.69) is 10.6 Å². The van der Waals surface area contributed by atoms with Crippen molar-refractivity contribution in [2.45, 2.75) is 31.8 Å². The van der Waals surface area contributed by atoms with E-state index >= 15 is 0 Å². The smallest absolute Gasteiger partial charge is 0.231 e. The number of nitrogens with one attached hydrogen (secondary N) is 2. The summed E-state index contributed by atoms with van der Waals surface area (Å²) in [5, 5.41) is 6.23. The Labute approximate surface area is 112 Å². The van der Waals surface area contributed by atoms with E-state index in [1.54, 1.807) is 0 Å². The van der Waals surface area contributed by atoms with Gasteiger partial charge in [0.1, 0.15) is 0 Å². The molecule has 0 bridgehead atoms. The molecule has 2 N–H and O–H groups in total. The number of hydrogen-bond acceptors (Lipinski definition) is 4. The van der Waals surface area contributed by atoms with Crippen LogP contribution < -0.4 is 20.1 Å². The van der Waals surface area contributed by atoms with Crippen LogP contribution in [0, 0.1) is 0 Å². The fourth-order valence-corrected chi connectivity index (χ4v) is 2.01. The van der Waals surface area contributed by atoms with Crippen molar-refractivity contribution in [1.82, 2.24) is 10.6 Å². The summed E-state index contributed by atoms with van der Waals surface area (Å²) in [6, 6.07) is 6.34. The quantitative estimate of drug-likeness (QED) is 0.756. The van der Waals surface area contributed by atoms with E-state index in [0.29, 0.717) is 25.8 Å². The first-order valence-corrected chi connectivity index (χ1v) is 6.70. The summed E-state index contributed by atoms with van der Waals surface area (Å²) in [6.07, 6.45) is 2.80. The maximum absolute atomic E-state index is 11.5. The fourth-order valence-electron chi connectivity index (χ4n) is 2.01. The zero-order valence-corrected chi connectivity index (χ0v) is 10.8. The van der Waals surface area contributed by atoms with Crippen LogP contribution in [0.15, 0.2) is 18.2 Å². The van der Waals surface area contributed by atoms with Crippen molar-refractivity contribution < 1.29 is 14.3 Å². The van der Waals surface area contributed by atoms with E-state index in [-0.39, 0.29) is 5.91 Å². The van der Waals surface area contributed by atoms with Crippen LogP contribution in [0.4, 0.5) is 0 Å². The maximum Gasteiger partial charge on any atom is 0.231 e. The zero-order chi connectivity index (χ0) is 13.1. The number of rotatable bonds is 6. The SMILES string of the molecule is O=C(CCNCc1ccc2c(c1)OCO2)NC1CC1. The molecular formula is C14H18N2O3. The third kappa shape index (κ3) is 3.38. The molecule has 5 nitrogen and oxygen atoms in total.